The largest absolute Gasteiger partial charge is 0.444 e. The van der Waals surface area contributed by atoms with Gasteiger partial charge in [-0.1, -0.05) is 47.5 Å². The van der Waals surface area contributed by atoms with Gasteiger partial charge in [-0.3, -0.25) is 14.8 Å². The molecule has 0 aliphatic carbocycles. The highest BCUT2D eigenvalue weighted by atomic mass is 35.5. The Kier molecular flexibility index (Phi) is 10.3. The van der Waals surface area contributed by atoms with Crippen molar-refractivity contribution in [2.45, 2.75) is 58.0 Å². The van der Waals surface area contributed by atoms with Crippen LogP contribution in [0.3, 0.4) is 0 Å². The van der Waals surface area contributed by atoms with E-state index in [9.17, 15) is 14.0 Å². The molecule has 0 saturated carbocycles. The van der Waals surface area contributed by atoms with Gasteiger partial charge in [-0.05, 0) is 44.4 Å². The number of carbonyl (C=O) groups excluding carboxylic acids is 2. The topological polar surface area (TPSA) is 116 Å². The maximum Gasteiger partial charge on any atom is 0.410 e. The first-order chi connectivity index (χ1) is 23.4. The second-order valence-electron chi connectivity index (χ2n) is 12.8. The first kappa shape index (κ1) is 34.8. The van der Waals surface area contributed by atoms with Gasteiger partial charge >= 0.3 is 6.09 Å². The molecule has 4 heterocycles. The molecule has 1 aliphatic rings. The summed E-state index contributed by atoms with van der Waals surface area (Å²) in [6.45, 7) is 6.96. The van der Waals surface area contributed by atoms with Crippen LogP contribution in [-0.4, -0.2) is 79.8 Å². The predicted octanol–water partition coefficient (Wildman–Crippen LogP) is 7.21. The van der Waals surface area contributed by atoms with Gasteiger partial charge in [0.2, 0.25) is 0 Å². The van der Waals surface area contributed by atoms with Crippen molar-refractivity contribution >= 4 is 62.6 Å². The molecule has 6 rings (SSSR count). The number of rotatable bonds is 11. The van der Waals surface area contributed by atoms with Crippen LogP contribution in [0.25, 0.3) is 22.0 Å². The average Bonchev–Trinajstić information content (AvgIpc) is 3.85. The summed E-state index contributed by atoms with van der Waals surface area (Å²) in [5, 5.41) is 11.1. The minimum atomic E-state index is -1.06. The van der Waals surface area contributed by atoms with E-state index in [1.165, 1.54) is 16.0 Å². The van der Waals surface area contributed by atoms with E-state index >= 15 is 0 Å². The van der Waals surface area contributed by atoms with E-state index in [1.54, 1.807) is 46.7 Å². The van der Waals surface area contributed by atoms with Gasteiger partial charge in [-0.2, -0.15) is 5.10 Å². The highest BCUT2D eigenvalue weighted by Gasteiger charge is 2.34. The summed E-state index contributed by atoms with van der Waals surface area (Å²) in [5.74, 6) is -0.429. The van der Waals surface area contributed by atoms with Gasteiger partial charge < -0.3 is 18.9 Å². The van der Waals surface area contributed by atoms with Crippen LogP contribution in [0.15, 0.2) is 54.4 Å². The Labute approximate surface area is 296 Å². The fourth-order valence-corrected chi connectivity index (χ4v) is 6.83. The molecule has 2 aromatic carbocycles. The Bertz CT molecular complexity index is 1960. The minimum Gasteiger partial charge on any atom is -0.444 e. The number of benzene rings is 2. The van der Waals surface area contributed by atoms with Gasteiger partial charge in [0, 0.05) is 61.0 Å². The Hall–Kier alpha value is -4.04. The van der Waals surface area contributed by atoms with Crippen molar-refractivity contribution < 1.29 is 23.5 Å². The Morgan fingerprint density at radius 3 is 2.65 bits per heavy atom. The number of carbonyl (C=O) groups is 2. The quantitative estimate of drug-likeness (QED) is 0.153. The third kappa shape index (κ3) is 7.75. The zero-order valence-electron chi connectivity index (χ0n) is 27.5. The van der Waals surface area contributed by atoms with E-state index in [2.05, 4.69) is 15.3 Å². The number of ether oxygens (including phenoxy) is 2. The number of nitrogens with one attached hydrogen (secondary N) is 1. The molecule has 3 aromatic heterocycles. The monoisotopic (exact) mass is 727 g/mol. The van der Waals surface area contributed by atoms with E-state index < -0.39 is 23.7 Å². The van der Waals surface area contributed by atoms with Crippen molar-refractivity contribution in [3.8, 4) is 11.1 Å². The van der Waals surface area contributed by atoms with Gasteiger partial charge in [-0.25, -0.2) is 19.2 Å². The lowest BCUT2D eigenvalue weighted by atomic mass is 10.0. The number of hydrogen-bond acceptors (Lipinski definition) is 8. The molecule has 0 bridgehead atoms. The van der Waals surface area contributed by atoms with Crippen molar-refractivity contribution in [2.75, 3.05) is 32.1 Å². The number of amides is 2. The molecule has 2 amide bonds. The van der Waals surface area contributed by atoms with Crippen LogP contribution >= 0.6 is 34.5 Å². The molecule has 1 aliphatic heterocycles. The molecule has 5 aromatic rings. The zero-order chi connectivity index (χ0) is 34.9. The van der Waals surface area contributed by atoms with Gasteiger partial charge in [0.25, 0.3) is 5.91 Å². The number of fused-ring (bicyclic) bond motifs is 2. The van der Waals surface area contributed by atoms with Crippen molar-refractivity contribution in [3.05, 3.63) is 81.4 Å². The molecule has 11 nitrogen and oxygen atoms in total. The normalized spacial score (nSPS) is 15.0. The summed E-state index contributed by atoms with van der Waals surface area (Å²) in [4.78, 5) is 36.8. The fourth-order valence-electron chi connectivity index (χ4n) is 5.75. The molecule has 2 atom stereocenters. The Morgan fingerprint density at radius 2 is 1.96 bits per heavy atom. The van der Waals surface area contributed by atoms with E-state index in [1.807, 2.05) is 45.0 Å². The Balaban J connectivity index is 1.27. The highest BCUT2D eigenvalue weighted by Crippen LogP contribution is 2.39. The number of methoxy groups -OCH3 is 1. The lowest BCUT2D eigenvalue weighted by Gasteiger charge is -2.27. The van der Waals surface area contributed by atoms with Crippen LogP contribution in [0.2, 0.25) is 10.0 Å². The maximum atomic E-state index is 14.4. The highest BCUT2D eigenvalue weighted by molar-refractivity contribution is 7.13. The van der Waals surface area contributed by atoms with Crippen molar-refractivity contribution in [2.24, 2.45) is 0 Å². The minimum absolute atomic E-state index is 0.144. The van der Waals surface area contributed by atoms with Crippen LogP contribution in [0.5, 0.6) is 0 Å². The van der Waals surface area contributed by atoms with Crippen molar-refractivity contribution in [1.29, 1.82) is 0 Å². The maximum absolute atomic E-state index is 14.4. The first-order valence-corrected chi connectivity index (χ1v) is 17.4. The molecule has 0 spiro atoms. The third-order valence-corrected chi connectivity index (χ3v) is 9.46. The number of hydrogen-bond donors (Lipinski definition) is 1. The van der Waals surface area contributed by atoms with E-state index in [0.717, 1.165) is 11.1 Å². The predicted molar refractivity (Wildman–Crippen MR) is 188 cm³/mol. The third-order valence-electron chi connectivity index (χ3n) is 8.08. The van der Waals surface area contributed by atoms with Gasteiger partial charge in [0.1, 0.15) is 17.3 Å². The van der Waals surface area contributed by atoms with Crippen molar-refractivity contribution in [3.63, 3.8) is 0 Å². The van der Waals surface area contributed by atoms with Gasteiger partial charge in [-0.15, -0.1) is 11.3 Å². The van der Waals surface area contributed by atoms with Crippen LogP contribution in [0, 0.1) is 0 Å². The number of imidazole rings is 1. The second kappa shape index (κ2) is 14.4. The van der Waals surface area contributed by atoms with E-state index in [-0.39, 0.29) is 19.1 Å². The Morgan fingerprint density at radius 1 is 1.18 bits per heavy atom. The molecule has 0 fully saturated rings. The number of alkyl halides is 1. The molecular weight excluding hydrogens is 692 g/mol. The summed E-state index contributed by atoms with van der Waals surface area (Å²) in [5.41, 5.74) is 3.34. The summed E-state index contributed by atoms with van der Waals surface area (Å²) in [6.07, 6.45) is 4.10. The second-order valence-corrected chi connectivity index (χ2v) is 14.4. The van der Waals surface area contributed by atoms with Gasteiger partial charge in [0.15, 0.2) is 11.2 Å². The lowest BCUT2D eigenvalue weighted by Crippen LogP contribution is -2.39. The van der Waals surface area contributed by atoms with E-state index in [4.69, 9.17) is 37.8 Å². The lowest BCUT2D eigenvalue weighted by molar-refractivity contribution is -0.118. The molecule has 49 heavy (non-hydrogen) atoms. The first-order valence-electron chi connectivity index (χ1n) is 15.7. The van der Waals surface area contributed by atoms with Crippen LogP contribution in [0.1, 0.15) is 43.8 Å². The summed E-state index contributed by atoms with van der Waals surface area (Å²) in [7, 11) is 1.59. The van der Waals surface area contributed by atoms with Crippen LogP contribution in [0.4, 0.5) is 14.3 Å². The average molecular weight is 729 g/mol. The molecule has 0 unspecified atom stereocenters. The van der Waals surface area contributed by atoms with Crippen LogP contribution in [-0.2, 0) is 33.7 Å². The fraction of sp³-hybridized carbons (Fsp3) is 0.382. The molecule has 1 N–H and O–H groups in total. The van der Waals surface area contributed by atoms with Crippen molar-refractivity contribution in [1.82, 2.24) is 29.2 Å². The van der Waals surface area contributed by atoms with E-state index in [0.29, 0.717) is 69.1 Å². The summed E-state index contributed by atoms with van der Waals surface area (Å²) in [6, 6.07) is 8.57. The van der Waals surface area contributed by atoms with Gasteiger partial charge in [0.05, 0.1) is 35.2 Å². The summed E-state index contributed by atoms with van der Waals surface area (Å²) < 4.78 is 28.3. The zero-order valence-corrected chi connectivity index (χ0v) is 29.8. The number of aromatic nitrogens is 5. The SMILES string of the molecule is COCCN(CCc1ccc(-c2cc(Cl)c3cn([C@@H](C(=O)Nc4nccs4)c4ncn5c4C[C@@H](F)C5)nc3c2Cl)cc1)C(=O)OC(C)(C)C. The molecule has 0 saturated heterocycles. The summed E-state index contributed by atoms with van der Waals surface area (Å²) >= 11 is 15.1. The molecule has 15 heteroatoms. The molecule has 258 valence electrons. The number of halogens is 3. The smallest absolute Gasteiger partial charge is 0.410 e. The van der Waals surface area contributed by atoms with Crippen LogP contribution < -0.4 is 5.32 Å². The number of anilines is 1. The number of thiazole rings is 1. The molecule has 0 radical (unpaired) electrons. The standard InChI is InChI=1S/C34H36Cl2FN7O4S/c1-34(2,3)48-33(46)42(12-13-47-4)11-9-20-5-7-21(8-6-20)23-16-25(35)24-18-44(41-28(24)27(23)36)30(31(45)40-32-38-10-14-49-32)29-26-15-22(37)17-43(26)19-39-29/h5-8,10,14,16,18-19,22,30H,9,11-13,15,17H2,1-4H3,(H,38,40,45)/t22-,30-/m1/s1. The number of nitrogens with zero attached hydrogens (tertiary/aromatic N) is 6. The molecular formula is C34H36Cl2FN7O4S.